The summed E-state index contributed by atoms with van der Waals surface area (Å²) in [5.74, 6) is -0.454. The maximum Gasteiger partial charge on any atom is 0.343 e. The van der Waals surface area contributed by atoms with E-state index in [-0.39, 0.29) is 23.1 Å². The number of carbonyl (C=O) groups excluding carboxylic acids is 2. The smallest absolute Gasteiger partial charge is 0.343 e. The first-order chi connectivity index (χ1) is 13.5. The summed E-state index contributed by atoms with van der Waals surface area (Å²) in [4.78, 5) is 28.7. The van der Waals surface area contributed by atoms with Gasteiger partial charge in [0, 0.05) is 18.5 Å². The van der Waals surface area contributed by atoms with E-state index >= 15 is 0 Å². The molecule has 2 heterocycles. The number of hydrogen-bond acceptors (Lipinski definition) is 5. The van der Waals surface area contributed by atoms with Crippen LogP contribution in [-0.2, 0) is 0 Å². The number of Topliss-reactive ketones (excluding diaryl/α,β-unsaturated/α-hetero) is 1. The first-order valence-electron chi connectivity index (χ1n) is 8.48. The van der Waals surface area contributed by atoms with Gasteiger partial charge in [-0.15, -0.1) is 0 Å². The van der Waals surface area contributed by atoms with Crippen LogP contribution in [0.5, 0.6) is 11.5 Å². The molecule has 3 aromatic rings. The van der Waals surface area contributed by atoms with Crippen molar-refractivity contribution < 1.29 is 23.5 Å². The Balaban J connectivity index is 1.61. The van der Waals surface area contributed by atoms with Crippen LogP contribution >= 0.6 is 0 Å². The second-order valence-corrected chi connectivity index (χ2v) is 6.23. The maximum absolute atomic E-state index is 13.1. The number of ether oxygens (including phenoxy) is 2. The predicted molar refractivity (Wildman–Crippen MR) is 99.7 cm³/mol. The molecule has 138 valence electrons. The summed E-state index contributed by atoms with van der Waals surface area (Å²) in [6.07, 6.45) is 4.54. The molecule has 0 radical (unpaired) electrons. The van der Waals surface area contributed by atoms with E-state index in [1.807, 2.05) is 0 Å². The minimum Gasteiger partial charge on any atom is -0.452 e. The second kappa shape index (κ2) is 7.08. The summed E-state index contributed by atoms with van der Waals surface area (Å²) in [6.45, 7) is 1.74. The minimum absolute atomic E-state index is 0.127. The van der Waals surface area contributed by atoms with Crippen molar-refractivity contribution >= 4 is 17.8 Å². The number of ketones is 1. The van der Waals surface area contributed by atoms with Gasteiger partial charge < -0.3 is 9.47 Å². The van der Waals surface area contributed by atoms with Crippen LogP contribution in [0, 0.1) is 12.7 Å². The number of aryl methyl sites for hydroxylation is 1. The number of carbonyl (C=O) groups is 2. The highest BCUT2D eigenvalue weighted by Crippen LogP contribution is 2.37. The molecule has 5 nitrogen and oxygen atoms in total. The first kappa shape index (κ1) is 17.6. The van der Waals surface area contributed by atoms with Crippen molar-refractivity contribution in [1.82, 2.24) is 4.98 Å². The van der Waals surface area contributed by atoms with E-state index in [0.717, 1.165) is 0 Å². The van der Waals surface area contributed by atoms with Crippen molar-refractivity contribution in [2.75, 3.05) is 0 Å². The van der Waals surface area contributed by atoms with Crippen molar-refractivity contribution in [2.45, 2.75) is 6.92 Å². The van der Waals surface area contributed by atoms with E-state index < -0.39 is 5.97 Å². The molecule has 0 bridgehead atoms. The topological polar surface area (TPSA) is 65.5 Å². The molecule has 0 saturated heterocycles. The highest BCUT2D eigenvalue weighted by atomic mass is 19.1. The fraction of sp³-hybridized carbons (Fsp3) is 0.0455. The number of halogens is 1. The summed E-state index contributed by atoms with van der Waals surface area (Å²) in [5, 5.41) is 0. The number of hydrogen-bond donors (Lipinski definition) is 0. The van der Waals surface area contributed by atoms with Crippen LogP contribution in [0.3, 0.4) is 0 Å². The molecular formula is C22H14FNO4. The maximum atomic E-state index is 13.1. The Labute approximate surface area is 160 Å². The van der Waals surface area contributed by atoms with Crippen LogP contribution in [-0.4, -0.2) is 16.7 Å². The van der Waals surface area contributed by atoms with Crippen molar-refractivity contribution in [1.29, 1.82) is 0 Å². The van der Waals surface area contributed by atoms with Gasteiger partial charge in [-0.25, -0.2) is 9.18 Å². The van der Waals surface area contributed by atoms with Crippen LogP contribution < -0.4 is 9.47 Å². The van der Waals surface area contributed by atoms with Crippen LogP contribution in [0.2, 0.25) is 0 Å². The molecular weight excluding hydrogens is 361 g/mol. The molecule has 1 aliphatic heterocycles. The minimum atomic E-state index is -0.534. The molecule has 1 aromatic heterocycles. The molecule has 0 aliphatic carbocycles. The van der Waals surface area contributed by atoms with Crippen molar-refractivity contribution in [3.8, 4) is 11.5 Å². The normalized spacial score (nSPS) is 13.9. The molecule has 1 aliphatic rings. The van der Waals surface area contributed by atoms with Gasteiger partial charge in [-0.3, -0.25) is 9.78 Å². The zero-order chi connectivity index (χ0) is 19.7. The monoisotopic (exact) mass is 375 g/mol. The molecule has 0 spiro atoms. The van der Waals surface area contributed by atoms with Gasteiger partial charge in [0.25, 0.3) is 0 Å². The Hall–Kier alpha value is -3.80. The number of rotatable bonds is 3. The van der Waals surface area contributed by atoms with Gasteiger partial charge in [0.05, 0.1) is 11.1 Å². The zero-order valence-corrected chi connectivity index (χ0v) is 14.8. The Morgan fingerprint density at radius 1 is 1.11 bits per heavy atom. The fourth-order valence-electron chi connectivity index (χ4n) is 2.90. The number of esters is 1. The van der Waals surface area contributed by atoms with E-state index in [0.29, 0.717) is 28.0 Å². The first-order valence-corrected chi connectivity index (χ1v) is 8.48. The van der Waals surface area contributed by atoms with Gasteiger partial charge >= 0.3 is 5.97 Å². The third-order valence-corrected chi connectivity index (χ3v) is 4.24. The lowest BCUT2D eigenvalue weighted by Crippen LogP contribution is -2.08. The SMILES string of the molecule is Cc1cc(OC(=O)c2ccncc2)cc2c1C(=O)/C(=C/c1ccc(F)cc1)O2. The molecule has 0 amide bonds. The largest absolute Gasteiger partial charge is 0.452 e. The van der Waals surface area contributed by atoms with Crippen LogP contribution in [0.4, 0.5) is 4.39 Å². The lowest BCUT2D eigenvalue weighted by molar-refractivity contribution is 0.0734. The van der Waals surface area contributed by atoms with Crippen molar-refractivity contribution in [3.63, 3.8) is 0 Å². The van der Waals surface area contributed by atoms with Gasteiger partial charge in [0.1, 0.15) is 17.3 Å². The summed E-state index contributed by atoms with van der Waals surface area (Å²) >= 11 is 0. The lowest BCUT2D eigenvalue weighted by atomic mass is 10.0. The number of aromatic nitrogens is 1. The van der Waals surface area contributed by atoms with Gasteiger partial charge in [-0.05, 0) is 54.5 Å². The van der Waals surface area contributed by atoms with Gasteiger partial charge in [-0.1, -0.05) is 12.1 Å². The summed E-state index contributed by atoms with van der Waals surface area (Å²) < 4.78 is 24.1. The molecule has 4 rings (SSSR count). The summed E-state index contributed by atoms with van der Waals surface area (Å²) in [7, 11) is 0. The summed E-state index contributed by atoms with van der Waals surface area (Å²) in [6, 6.07) is 11.9. The van der Waals surface area contributed by atoms with E-state index in [2.05, 4.69) is 4.98 Å². The standard InChI is InChI=1S/C22H14FNO4/c1-13-10-17(27-22(26)15-6-8-24-9-7-15)12-18-20(13)21(25)19(28-18)11-14-2-4-16(23)5-3-14/h2-12H,1H3/b19-11-. The highest BCUT2D eigenvalue weighted by molar-refractivity contribution is 6.15. The lowest BCUT2D eigenvalue weighted by Gasteiger charge is -2.07. The van der Waals surface area contributed by atoms with Crippen LogP contribution in [0.15, 0.2) is 66.7 Å². The Morgan fingerprint density at radius 2 is 1.82 bits per heavy atom. The molecule has 0 saturated carbocycles. The molecule has 0 N–H and O–H groups in total. The van der Waals surface area contributed by atoms with Gasteiger partial charge in [-0.2, -0.15) is 0 Å². The summed E-state index contributed by atoms with van der Waals surface area (Å²) in [5.41, 5.74) is 2.04. The Bertz CT molecular complexity index is 1110. The number of nitrogens with zero attached hydrogens (tertiary/aromatic N) is 1. The number of allylic oxidation sites excluding steroid dienone is 1. The van der Waals surface area contributed by atoms with E-state index in [4.69, 9.17) is 9.47 Å². The molecule has 0 unspecified atom stereocenters. The van der Waals surface area contributed by atoms with Gasteiger partial charge in [0.2, 0.25) is 5.78 Å². The number of benzene rings is 2. The third kappa shape index (κ3) is 3.40. The third-order valence-electron chi connectivity index (χ3n) is 4.24. The molecule has 28 heavy (non-hydrogen) atoms. The number of fused-ring (bicyclic) bond motifs is 1. The van der Waals surface area contributed by atoms with E-state index in [9.17, 15) is 14.0 Å². The van der Waals surface area contributed by atoms with E-state index in [1.165, 1.54) is 30.6 Å². The van der Waals surface area contributed by atoms with Crippen molar-refractivity contribution in [3.05, 3.63) is 94.8 Å². The number of pyridine rings is 1. The van der Waals surface area contributed by atoms with Gasteiger partial charge in [0.15, 0.2) is 5.76 Å². The fourth-order valence-corrected chi connectivity index (χ4v) is 2.90. The Kier molecular flexibility index (Phi) is 4.45. The highest BCUT2D eigenvalue weighted by Gasteiger charge is 2.30. The second-order valence-electron chi connectivity index (χ2n) is 6.23. The quantitative estimate of drug-likeness (QED) is 0.386. The predicted octanol–water partition coefficient (Wildman–Crippen LogP) is 4.36. The average Bonchev–Trinajstić information content (AvgIpc) is 3.00. The zero-order valence-electron chi connectivity index (χ0n) is 14.8. The molecule has 0 atom stereocenters. The molecule has 2 aromatic carbocycles. The van der Waals surface area contributed by atoms with Crippen LogP contribution in [0.25, 0.3) is 6.08 Å². The molecule has 0 fully saturated rings. The van der Waals surface area contributed by atoms with Crippen LogP contribution in [0.1, 0.15) is 31.8 Å². The Morgan fingerprint density at radius 3 is 2.54 bits per heavy atom. The van der Waals surface area contributed by atoms with Crippen molar-refractivity contribution in [2.24, 2.45) is 0 Å². The van der Waals surface area contributed by atoms with E-state index in [1.54, 1.807) is 43.3 Å². The molecule has 6 heteroatoms. The average molecular weight is 375 g/mol.